The maximum Gasteiger partial charge on any atom is 0.191 e. The minimum atomic E-state index is -0.703. The highest BCUT2D eigenvalue weighted by Gasteiger charge is 2.29. The van der Waals surface area contributed by atoms with E-state index in [1.807, 2.05) is 14.0 Å². The molecule has 0 radical (unpaired) electrons. The number of aryl methyl sites for hydroxylation is 1. The van der Waals surface area contributed by atoms with E-state index in [9.17, 15) is 4.21 Å². The fourth-order valence-electron chi connectivity index (χ4n) is 4.54. The van der Waals surface area contributed by atoms with Crippen molar-refractivity contribution in [2.75, 3.05) is 26.0 Å². The predicted octanol–water partition coefficient (Wildman–Crippen LogP) is 3.71. The fourth-order valence-corrected chi connectivity index (χ4v) is 5.89. The number of hydrogen-bond donors (Lipinski definition) is 2. The first-order chi connectivity index (χ1) is 14.1. The number of guanidine groups is 1. The average molecular weight is 420 g/mol. The summed E-state index contributed by atoms with van der Waals surface area (Å²) in [6, 6.07) is 9.07. The number of benzene rings is 1. The lowest BCUT2D eigenvalue weighted by molar-refractivity contribution is -0.0265. The summed E-state index contributed by atoms with van der Waals surface area (Å²) in [5, 5.41) is 7.44. The molecule has 1 saturated heterocycles. The van der Waals surface area contributed by atoms with Gasteiger partial charge in [0.25, 0.3) is 0 Å². The Kier molecular flexibility index (Phi) is 8.54. The van der Waals surface area contributed by atoms with Crippen LogP contribution < -0.4 is 10.6 Å². The van der Waals surface area contributed by atoms with Gasteiger partial charge >= 0.3 is 0 Å². The molecule has 29 heavy (non-hydrogen) atoms. The van der Waals surface area contributed by atoms with Crippen molar-refractivity contribution in [3.8, 4) is 0 Å². The summed E-state index contributed by atoms with van der Waals surface area (Å²) in [6.45, 7) is 5.81. The number of hydrogen-bond acceptors (Lipinski definition) is 3. The molecule has 0 aromatic heterocycles. The molecule has 5 nitrogen and oxygen atoms in total. The second kappa shape index (κ2) is 11.1. The summed E-state index contributed by atoms with van der Waals surface area (Å²) in [5.41, 5.74) is 2.54. The Bertz CT molecular complexity index is 692. The zero-order chi connectivity index (χ0) is 20.6. The van der Waals surface area contributed by atoms with E-state index >= 15 is 0 Å². The van der Waals surface area contributed by atoms with Crippen LogP contribution >= 0.6 is 0 Å². The smallest absolute Gasteiger partial charge is 0.191 e. The van der Waals surface area contributed by atoms with Gasteiger partial charge in [0.15, 0.2) is 5.96 Å². The van der Waals surface area contributed by atoms with Gasteiger partial charge in [-0.15, -0.1) is 0 Å². The summed E-state index contributed by atoms with van der Waals surface area (Å²) in [6.07, 6.45) is 6.72. The van der Waals surface area contributed by atoms with E-state index in [-0.39, 0.29) is 6.10 Å². The SMILES string of the molecule is CCS(=O)C1CCCC(NC(=NC)NCC2CCCOC2c2ccc(C)cc2)C1. The quantitative estimate of drug-likeness (QED) is 0.545. The van der Waals surface area contributed by atoms with E-state index in [1.54, 1.807) is 0 Å². The Labute approximate surface area is 178 Å². The maximum atomic E-state index is 12.2. The van der Waals surface area contributed by atoms with Gasteiger partial charge in [-0.3, -0.25) is 9.20 Å². The maximum absolute atomic E-state index is 12.2. The molecule has 5 unspecified atom stereocenters. The predicted molar refractivity (Wildman–Crippen MR) is 122 cm³/mol. The Morgan fingerprint density at radius 2 is 2.00 bits per heavy atom. The Hall–Kier alpha value is -1.40. The summed E-state index contributed by atoms with van der Waals surface area (Å²) < 4.78 is 18.4. The molecule has 1 aliphatic carbocycles. The lowest BCUT2D eigenvalue weighted by Crippen LogP contribution is -2.48. The van der Waals surface area contributed by atoms with Crippen LogP contribution in [0.1, 0.15) is 62.7 Å². The van der Waals surface area contributed by atoms with Crippen LogP contribution in [0, 0.1) is 12.8 Å². The molecule has 6 heteroatoms. The van der Waals surface area contributed by atoms with Gasteiger partial charge in [0.05, 0.1) is 6.10 Å². The van der Waals surface area contributed by atoms with Crippen LogP contribution in [0.25, 0.3) is 0 Å². The van der Waals surface area contributed by atoms with E-state index in [1.165, 1.54) is 11.1 Å². The van der Waals surface area contributed by atoms with Crippen LogP contribution in [0.5, 0.6) is 0 Å². The van der Waals surface area contributed by atoms with Crippen LogP contribution in [0.15, 0.2) is 29.3 Å². The van der Waals surface area contributed by atoms with E-state index in [2.05, 4.69) is 46.8 Å². The van der Waals surface area contributed by atoms with Crippen molar-refractivity contribution < 1.29 is 8.95 Å². The second-order valence-corrected chi connectivity index (χ2v) is 10.4. The van der Waals surface area contributed by atoms with Gasteiger partial charge in [0.1, 0.15) is 0 Å². The lowest BCUT2D eigenvalue weighted by atomic mass is 9.89. The average Bonchev–Trinajstić information content (AvgIpc) is 2.77. The monoisotopic (exact) mass is 419 g/mol. The molecular formula is C23H37N3O2S. The van der Waals surface area contributed by atoms with Crippen molar-refractivity contribution >= 4 is 16.8 Å². The molecule has 5 atom stereocenters. The normalized spacial score (nSPS) is 29.3. The van der Waals surface area contributed by atoms with E-state index in [0.29, 0.717) is 17.2 Å². The molecule has 2 aliphatic rings. The molecule has 1 aromatic carbocycles. The van der Waals surface area contributed by atoms with Gasteiger partial charge in [0, 0.05) is 54.0 Å². The number of ether oxygens (including phenoxy) is 1. The van der Waals surface area contributed by atoms with E-state index in [4.69, 9.17) is 4.74 Å². The largest absolute Gasteiger partial charge is 0.373 e. The molecule has 2 N–H and O–H groups in total. The molecule has 162 valence electrons. The highest BCUT2D eigenvalue weighted by atomic mass is 32.2. The third kappa shape index (κ3) is 6.29. The molecule has 1 saturated carbocycles. The zero-order valence-electron chi connectivity index (χ0n) is 18.2. The third-order valence-electron chi connectivity index (χ3n) is 6.23. The Morgan fingerprint density at radius 1 is 1.21 bits per heavy atom. The first kappa shape index (κ1) is 22.3. The number of rotatable bonds is 6. The lowest BCUT2D eigenvalue weighted by Gasteiger charge is -2.34. The molecule has 1 aliphatic heterocycles. The highest BCUT2D eigenvalue weighted by Crippen LogP contribution is 2.33. The van der Waals surface area contributed by atoms with Gasteiger partial charge in [-0.25, -0.2) is 0 Å². The van der Waals surface area contributed by atoms with Gasteiger partial charge in [0.2, 0.25) is 0 Å². The number of nitrogens with one attached hydrogen (secondary N) is 2. The molecule has 1 heterocycles. The van der Waals surface area contributed by atoms with Crippen LogP contribution in [0.4, 0.5) is 0 Å². The van der Waals surface area contributed by atoms with E-state index in [0.717, 1.165) is 63.4 Å². The molecule has 1 aromatic rings. The van der Waals surface area contributed by atoms with Crippen LogP contribution in [0.2, 0.25) is 0 Å². The van der Waals surface area contributed by atoms with Gasteiger partial charge in [-0.1, -0.05) is 43.2 Å². The van der Waals surface area contributed by atoms with Gasteiger partial charge < -0.3 is 15.4 Å². The Balaban J connectivity index is 1.55. The van der Waals surface area contributed by atoms with Crippen molar-refractivity contribution in [1.82, 2.24) is 10.6 Å². The molecular weight excluding hydrogens is 382 g/mol. The molecule has 0 bridgehead atoms. The van der Waals surface area contributed by atoms with Crippen molar-refractivity contribution in [2.24, 2.45) is 10.9 Å². The standard InChI is InChI=1S/C23H37N3O2S/c1-4-29(27)21-9-5-8-20(15-21)26-23(24-3)25-16-19-7-6-14-28-22(19)18-12-10-17(2)11-13-18/h10-13,19-22H,4-9,14-16H2,1-3H3,(H2,24,25,26). The van der Waals surface area contributed by atoms with Crippen LogP contribution in [-0.4, -0.2) is 47.4 Å². The summed E-state index contributed by atoms with van der Waals surface area (Å²) in [4.78, 5) is 4.44. The molecule has 3 rings (SSSR count). The van der Waals surface area contributed by atoms with E-state index < -0.39 is 10.8 Å². The summed E-state index contributed by atoms with van der Waals surface area (Å²) in [7, 11) is 1.13. The minimum Gasteiger partial charge on any atom is -0.373 e. The second-order valence-electron chi connectivity index (χ2n) is 8.36. The summed E-state index contributed by atoms with van der Waals surface area (Å²) in [5.74, 6) is 2.04. The number of nitrogens with zero attached hydrogens (tertiary/aromatic N) is 1. The van der Waals surface area contributed by atoms with Crippen molar-refractivity contribution in [3.05, 3.63) is 35.4 Å². The number of aliphatic imine (C=N–C) groups is 1. The molecule has 2 fully saturated rings. The van der Waals surface area contributed by atoms with Crippen LogP contribution in [0.3, 0.4) is 0 Å². The van der Waals surface area contributed by atoms with Crippen molar-refractivity contribution in [1.29, 1.82) is 0 Å². The summed E-state index contributed by atoms with van der Waals surface area (Å²) >= 11 is 0. The first-order valence-electron chi connectivity index (χ1n) is 11.1. The van der Waals surface area contributed by atoms with Gasteiger partial charge in [-0.2, -0.15) is 0 Å². The third-order valence-corrected chi connectivity index (χ3v) is 7.97. The highest BCUT2D eigenvalue weighted by molar-refractivity contribution is 7.85. The topological polar surface area (TPSA) is 62.7 Å². The molecule has 0 amide bonds. The zero-order valence-corrected chi connectivity index (χ0v) is 19.0. The van der Waals surface area contributed by atoms with Crippen LogP contribution in [-0.2, 0) is 15.5 Å². The van der Waals surface area contributed by atoms with Crippen molar-refractivity contribution in [3.63, 3.8) is 0 Å². The minimum absolute atomic E-state index is 0.140. The van der Waals surface area contributed by atoms with Gasteiger partial charge in [-0.05, 0) is 44.6 Å². The fraction of sp³-hybridized carbons (Fsp3) is 0.696. The van der Waals surface area contributed by atoms with Crippen molar-refractivity contribution in [2.45, 2.75) is 69.8 Å². The molecule has 0 spiro atoms. The Morgan fingerprint density at radius 3 is 2.72 bits per heavy atom. The first-order valence-corrected chi connectivity index (χ1v) is 12.5.